The van der Waals surface area contributed by atoms with Crippen molar-refractivity contribution in [3.63, 3.8) is 0 Å². The molecule has 0 saturated carbocycles. The quantitative estimate of drug-likeness (QED) is 0.619. The van der Waals surface area contributed by atoms with E-state index in [-0.39, 0.29) is 12.0 Å². The van der Waals surface area contributed by atoms with Crippen LogP contribution in [0.25, 0.3) is 0 Å². The molecule has 0 radical (unpaired) electrons. The van der Waals surface area contributed by atoms with Gasteiger partial charge in [-0.1, -0.05) is 0 Å². The molecule has 1 saturated heterocycles. The number of aliphatic hydroxyl groups excluding tert-OH is 1. The zero-order valence-corrected chi connectivity index (χ0v) is 7.32. The Labute approximate surface area is 72.1 Å². The number of methoxy groups -OCH3 is 1. The molecule has 1 rings (SSSR count). The van der Waals surface area contributed by atoms with Gasteiger partial charge in [0.2, 0.25) is 5.91 Å². The summed E-state index contributed by atoms with van der Waals surface area (Å²) in [6.07, 6.45) is 2.12. The van der Waals surface area contributed by atoms with Crippen molar-refractivity contribution in [2.45, 2.75) is 18.9 Å². The molecule has 1 aliphatic rings. The van der Waals surface area contributed by atoms with Gasteiger partial charge in [0.15, 0.2) is 0 Å². The third-order valence-electron chi connectivity index (χ3n) is 2.20. The monoisotopic (exact) mass is 173 g/mol. The second-order valence-corrected chi connectivity index (χ2v) is 3.00. The molecule has 0 aliphatic carbocycles. The first-order chi connectivity index (χ1) is 5.77. The number of piperidine rings is 1. The van der Waals surface area contributed by atoms with E-state index in [2.05, 4.69) is 0 Å². The number of rotatable bonds is 2. The molecular weight excluding hydrogens is 158 g/mol. The summed E-state index contributed by atoms with van der Waals surface area (Å²) in [6, 6.07) is 0. The van der Waals surface area contributed by atoms with Crippen LogP contribution in [0.2, 0.25) is 0 Å². The van der Waals surface area contributed by atoms with Gasteiger partial charge in [0.25, 0.3) is 0 Å². The molecule has 0 unspecified atom stereocenters. The first kappa shape index (κ1) is 9.48. The fourth-order valence-corrected chi connectivity index (χ4v) is 1.46. The fraction of sp³-hybridized carbons (Fsp3) is 0.875. The van der Waals surface area contributed by atoms with E-state index in [9.17, 15) is 4.79 Å². The van der Waals surface area contributed by atoms with Crippen LogP contribution in [0.1, 0.15) is 12.8 Å². The van der Waals surface area contributed by atoms with Gasteiger partial charge in [-0.15, -0.1) is 0 Å². The van der Waals surface area contributed by atoms with Crippen molar-refractivity contribution < 1.29 is 14.6 Å². The third-order valence-corrected chi connectivity index (χ3v) is 2.20. The summed E-state index contributed by atoms with van der Waals surface area (Å²) in [5, 5.41) is 8.61. The van der Waals surface area contributed by atoms with E-state index in [1.54, 1.807) is 12.0 Å². The molecule has 1 fully saturated rings. The van der Waals surface area contributed by atoms with Crippen molar-refractivity contribution in [1.82, 2.24) is 4.90 Å². The lowest BCUT2D eigenvalue weighted by atomic mass is 10.1. The smallest absolute Gasteiger partial charge is 0.248 e. The number of ether oxygens (including phenoxy) is 1. The Hall–Kier alpha value is -0.610. The average Bonchev–Trinajstić information content (AvgIpc) is 2.17. The Morgan fingerprint density at radius 3 is 3.08 bits per heavy atom. The molecule has 0 spiro atoms. The Bertz CT molecular complexity index is 160. The van der Waals surface area contributed by atoms with Gasteiger partial charge in [-0.3, -0.25) is 4.79 Å². The first-order valence-corrected chi connectivity index (χ1v) is 4.19. The molecule has 1 heterocycles. The Morgan fingerprint density at radius 1 is 1.75 bits per heavy atom. The van der Waals surface area contributed by atoms with E-state index in [1.165, 1.54) is 0 Å². The summed E-state index contributed by atoms with van der Waals surface area (Å²) in [5.41, 5.74) is 0. The fourth-order valence-electron chi connectivity index (χ4n) is 1.46. The summed E-state index contributed by atoms with van der Waals surface area (Å²) < 4.78 is 5.14. The van der Waals surface area contributed by atoms with Crippen molar-refractivity contribution >= 4 is 5.91 Å². The highest BCUT2D eigenvalue weighted by molar-refractivity contribution is 5.77. The molecule has 0 aromatic carbocycles. The molecule has 0 bridgehead atoms. The average molecular weight is 173 g/mol. The van der Waals surface area contributed by atoms with Crippen LogP contribution in [0.4, 0.5) is 0 Å². The SMILES string of the molecule is CO[C@H]1CCCN(C(=O)CO)C1. The zero-order chi connectivity index (χ0) is 8.97. The van der Waals surface area contributed by atoms with Gasteiger partial charge in [0.1, 0.15) is 6.61 Å². The maximum absolute atomic E-state index is 11.0. The van der Waals surface area contributed by atoms with Crippen LogP contribution in [-0.4, -0.2) is 48.8 Å². The second-order valence-electron chi connectivity index (χ2n) is 3.00. The number of hydrogen-bond acceptors (Lipinski definition) is 3. The highest BCUT2D eigenvalue weighted by atomic mass is 16.5. The molecule has 1 atom stereocenters. The van der Waals surface area contributed by atoms with E-state index in [0.717, 1.165) is 19.4 Å². The lowest BCUT2D eigenvalue weighted by Crippen LogP contribution is -2.44. The van der Waals surface area contributed by atoms with E-state index < -0.39 is 6.61 Å². The summed E-state index contributed by atoms with van der Waals surface area (Å²) in [4.78, 5) is 12.7. The van der Waals surface area contributed by atoms with Crippen LogP contribution < -0.4 is 0 Å². The number of carbonyl (C=O) groups excluding carboxylic acids is 1. The maximum Gasteiger partial charge on any atom is 0.248 e. The molecule has 4 heteroatoms. The van der Waals surface area contributed by atoms with Gasteiger partial charge in [-0.2, -0.15) is 0 Å². The van der Waals surface area contributed by atoms with E-state index >= 15 is 0 Å². The third kappa shape index (κ3) is 2.19. The lowest BCUT2D eigenvalue weighted by molar-refractivity contribution is -0.137. The molecule has 1 amide bonds. The van der Waals surface area contributed by atoms with Gasteiger partial charge in [-0.25, -0.2) is 0 Å². The summed E-state index contributed by atoms with van der Waals surface area (Å²) in [7, 11) is 1.65. The van der Waals surface area contributed by atoms with Crippen LogP contribution in [0.5, 0.6) is 0 Å². The van der Waals surface area contributed by atoms with Crippen LogP contribution in [0.15, 0.2) is 0 Å². The van der Waals surface area contributed by atoms with E-state index in [0.29, 0.717) is 6.54 Å². The van der Waals surface area contributed by atoms with Gasteiger partial charge >= 0.3 is 0 Å². The molecule has 70 valence electrons. The standard InChI is InChI=1S/C8H15NO3/c1-12-7-3-2-4-9(5-7)8(11)6-10/h7,10H,2-6H2,1H3/t7-/m0/s1. The topological polar surface area (TPSA) is 49.8 Å². The van der Waals surface area contributed by atoms with Gasteiger partial charge in [0.05, 0.1) is 6.10 Å². The van der Waals surface area contributed by atoms with Crippen LogP contribution in [0.3, 0.4) is 0 Å². The minimum Gasteiger partial charge on any atom is -0.387 e. The normalized spacial score (nSPS) is 24.2. The Balaban J connectivity index is 2.40. The Kier molecular flexibility index (Phi) is 3.49. The van der Waals surface area contributed by atoms with Crippen LogP contribution in [-0.2, 0) is 9.53 Å². The zero-order valence-electron chi connectivity index (χ0n) is 7.32. The minimum atomic E-state index is -0.392. The maximum atomic E-state index is 11.0. The highest BCUT2D eigenvalue weighted by Gasteiger charge is 2.22. The van der Waals surface area contributed by atoms with Crippen molar-refractivity contribution in [1.29, 1.82) is 0 Å². The van der Waals surface area contributed by atoms with Gasteiger partial charge in [-0.05, 0) is 12.8 Å². The van der Waals surface area contributed by atoms with Crippen molar-refractivity contribution in [3.8, 4) is 0 Å². The number of likely N-dealkylation sites (tertiary alicyclic amines) is 1. The number of carbonyl (C=O) groups is 1. The summed E-state index contributed by atoms with van der Waals surface area (Å²) in [6.45, 7) is 0.978. The predicted molar refractivity (Wildman–Crippen MR) is 43.7 cm³/mol. The van der Waals surface area contributed by atoms with E-state index in [4.69, 9.17) is 9.84 Å². The highest BCUT2D eigenvalue weighted by Crippen LogP contribution is 2.11. The molecule has 1 aliphatic heterocycles. The molecule has 0 aromatic rings. The van der Waals surface area contributed by atoms with Crippen molar-refractivity contribution in [2.24, 2.45) is 0 Å². The summed E-state index contributed by atoms with van der Waals surface area (Å²) in [5.74, 6) is -0.197. The summed E-state index contributed by atoms with van der Waals surface area (Å²) >= 11 is 0. The number of hydrogen-bond donors (Lipinski definition) is 1. The first-order valence-electron chi connectivity index (χ1n) is 4.19. The lowest BCUT2D eigenvalue weighted by Gasteiger charge is -2.31. The van der Waals surface area contributed by atoms with Crippen molar-refractivity contribution in [3.05, 3.63) is 0 Å². The van der Waals surface area contributed by atoms with E-state index in [1.807, 2.05) is 0 Å². The molecular formula is C8H15NO3. The number of amides is 1. The van der Waals surface area contributed by atoms with Gasteiger partial charge in [0, 0.05) is 20.2 Å². The second kappa shape index (κ2) is 4.42. The van der Waals surface area contributed by atoms with Crippen molar-refractivity contribution in [2.75, 3.05) is 26.8 Å². The molecule has 4 nitrogen and oxygen atoms in total. The Morgan fingerprint density at radius 2 is 2.50 bits per heavy atom. The van der Waals surface area contributed by atoms with Gasteiger partial charge < -0.3 is 14.7 Å². The number of aliphatic hydroxyl groups is 1. The molecule has 0 aromatic heterocycles. The van der Waals surface area contributed by atoms with Crippen LogP contribution >= 0.6 is 0 Å². The molecule has 1 N–H and O–H groups in total. The predicted octanol–water partition coefficient (Wildman–Crippen LogP) is -0.384. The number of nitrogens with zero attached hydrogens (tertiary/aromatic N) is 1. The largest absolute Gasteiger partial charge is 0.387 e. The van der Waals surface area contributed by atoms with Crippen LogP contribution in [0, 0.1) is 0 Å². The minimum absolute atomic E-state index is 0.147. The molecule has 12 heavy (non-hydrogen) atoms.